The topological polar surface area (TPSA) is 60.9 Å². The van der Waals surface area contributed by atoms with Gasteiger partial charge in [-0.25, -0.2) is 4.79 Å². The number of likely N-dealkylation sites (tertiary alicyclic amines) is 1. The van der Waals surface area contributed by atoms with Gasteiger partial charge in [0, 0.05) is 33.1 Å². The lowest BCUT2D eigenvalue weighted by molar-refractivity contribution is -0.131. The molecular weight excluding hydrogens is 234 g/mol. The van der Waals surface area contributed by atoms with E-state index >= 15 is 0 Å². The van der Waals surface area contributed by atoms with Gasteiger partial charge in [0.05, 0.1) is 0 Å². The maximum absolute atomic E-state index is 11.8. The number of likely N-dealkylation sites (N-methyl/N-ethyl adjacent to an activating group) is 1. The molecular formula is C12H19N3O3. The van der Waals surface area contributed by atoms with Crippen LogP contribution in [-0.4, -0.2) is 65.8 Å². The maximum Gasteiger partial charge on any atom is 0.326 e. The first-order chi connectivity index (χ1) is 8.59. The first-order valence-electron chi connectivity index (χ1n) is 6.43. The molecule has 6 heteroatoms. The zero-order chi connectivity index (χ0) is 13.1. The van der Waals surface area contributed by atoms with Gasteiger partial charge < -0.3 is 9.80 Å². The summed E-state index contributed by atoms with van der Waals surface area (Å²) in [5, 5.41) is 0. The van der Waals surface area contributed by atoms with Crippen molar-refractivity contribution in [3.05, 3.63) is 0 Å². The second kappa shape index (κ2) is 5.37. The van der Waals surface area contributed by atoms with E-state index in [0.29, 0.717) is 19.4 Å². The second-order valence-corrected chi connectivity index (χ2v) is 4.88. The lowest BCUT2D eigenvalue weighted by atomic mass is 10.2. The lowest BCUT2D eigenvalue weighted by Crippen LogP contribution is -2.34. The Kier molecular flexibility index (Phi) is 3.84. The number of amides is 4. The summed E-state index contributed by atoms with van der Waals surface area (Å²) in [6.45, 7) is 2.20. The number of nitrogens with zero attached hydrogens (tertiary/aromatic N) is 3. The number of carbonyl (C=O) groups excluding carboxylic acids is 3. The van der Waals surface area contributed by atoms with Gasteiger partial charge in [-0.2, -0.15) is 0 Å². The van der Waals surface area contributed by atoms with Crippen LogP contribution in [0.1, 0.15) is 25.7 Å². The van der Waals surface area contributed by atoms with Gasteiger partial charge in [-0.05, 0) is 19.3 Å². The van der Waals surface area contributed by atoms with Crippen molar-refractivity contribution in [1.82, 2.24) is 14.7 Å². The molecule has 2 heterocycles. The number of hydrogen-bond acceptors (Lipinski definition) is 3. The molecule has 0 bridgehead atoms. The van der Waals surface area contributed by atoms with E-state index in [1.165, 1.54) is 9.80 Å². The van der Waals surface area contributed by atoms with Gasteiger partial charge in [0.25, 0.3) is 0 Å². The Morgan fingerprint density at radius 2 is 1.89 bits per heavy atom. The van der Waals surface area contributed by atoms with Gasteiger partial charge in [0.15, 0.2) is 0 Å². The molecule has 4 amide bonds. The number of carbonyl (C=O) groups is 3. The maximum atomic E-state index is 11.8. The number of urea groups is 1. The van der Waals surface area contributed by atoms with Gasteiger partial charge >= 0.3 is 6.03 Å². The van der Waals surface area contributed by atoms with Crippen LogP contribution >= 0.6 is 0 Å². The zero-order valence-corrected chi connectivity index (χ0v) is 10.7. The Labute approximate surface area is 107 Å². The molecule has 0 unspecified atom stereocenters. The minimum Gasteiger partial charge on any atom is -0.343 e. The van der Waals surface area contributed by atoms with Gasteiger partial charge in [-0.15, -0.1) is 0 Å². The van der Waals surface area contributed by atoms with Crippen molar-refractivity contribution in [1.29, 1.82) is 0 Å². The molecule has 2 fully saturated rings. The Hall–Kier alpha value is -1.59. The second-order valence-electron chi connectivity index (χ2n) is 4.88. The predicted octanol–water partition coefficient (Wildman–Crippen LogP) is 0.283. The Morgan fingerprint density at radius 3 is 2.44 bits per heavy atom. The molecule has 0 aliphatic carbocycles. The molecule has 0 radical (unpaired) electrons. The minimum absolute atomic E-state index is 0.139. The molecule has 0 aromatic carbocycles. The first-order valence-corrected chi connectivity index (χ1v) is 6.43. The van der Waals surface area contributed by atoms with Gasteiger partial charge in [-0.3, -0.25) is 14.5 Å². The van der Waals surface area contributed by atoms with Crippen LogP contribution in [0.25, 0.3) is 0 Å². The van der Waals surface area contributed by atoms with Crippen molar-refractivity contribution in [2.45, 2.75) is 25.7 Å². The average molecular weight is 253 g/mol. The molecule has 2 aliphatic heterocycles. The van der Waals surface area contributed by atoms with Crippen molar-refractivity contribution in [3.8, 4) is 0 Å². The highest BCUT2D eigenvalue weighted by molar-refractivity contribution is 6.01. The Morgan fingerprint density at radius 1 is 1.22 bits per heavy atom. The highest BCUT2D eigenvalue weighted by Crippen LogP contribution is 2.12. The van der Waals surface area contributed by atoms with Gasteiger partial charge in [0.2, 0.25) is 11.8 Å². The van der Waals surface area contributed by atoms with Crippen molar-refractivity contribution in [2.24, 2.45) is 0 Å². The summed E-state index contributed by atoms with van der Waals surface area (Å²) in [7, 11) is 1.61. The Bertz CT molecular complexity index is 364. The third kappa shape index (κ3) is 2.63. The molecule has 18 heavy (non-hydrogen) atoms. The van der Waals surface area contributed by atoms with Crippen LogP contribution in [0.15, 0.2) is 0 Å². The van der Waals surface area contributed by atoms with E-state index in [4.69, 9.17) is 0 Å². The summed E-state index contributed by atoms with van der Waals surface area (Å²) in [4.78, 5) is 39.3. The fourth-order valence-corrected chi connectivity index (χ4v) is 2.40. The monoisotopic (exact) mass is 253 g/mol. The van der Waals surface area contributed by atoms with Crippen LogP contribution in [-0.2, 0) is 9.59 Å². The summed E-state index contributed by atoms with van der Waals surface area (Å²) < 4.78 is 0. The Balaban J connectivity index is 1.73. The smallest absolute Gasteiger partial charge is 0.326 e. The average Bonchev–Trinajstić information content (AvgIpc) is 2.93. The molecule has 100 valence electrons. The minimum atomic E-state index is -0.256. The molecule has 0 aromatic heterocycles. The lowest BCUT2D eigenvalue weighted by Gasteiger charge is -2.17. The molecule has 0 saturated carbocycles. The molecule has 0 atom stereocenters. The van der Waals surface area contributed by atoms with Crippen molar-refractivity contribution in [2.75, 3.05) is 33.2 Å². The highest BCUT2D eigenvalue weighted by atomic mass is 16.2. The summed E-state index contributed by atoms with van der Waals surface area (Å²) in [5.41, 5.74) is 0. The predicted molar refractivity (Wildman–Crippen MR) is 64.8 cm³/mol. The zero-order valence-electron chi connectivity index (χ0n) is 10.7. The first kappa shape index (κ1) is 12.9. The number of rotatable bonds is 4. The fourth-order valence-electron chi connectivity index (χ4n) is 2.40. The van der Waals surface area contributed by atoms with Crippen LogP contribution < -0.4 is 0 Å². The quantitative estimate of drug-likeness (QED) is 0.676. The van der Waals surface area contributed by atoms with Gasteiger partial charge in [-0.1, -0.05) is 0 Å². The molecule has 6 nitrogen and oxygen atoms in total. The molecule has 0 spiro atoms. The van der Waals surface area contributed by atoms with E-state index in [0.717, 1.165) is 25.9 Å². The van der Waals surface area contributed by atoms with Crippen LogP contribution in [0.5, 0.6) is 0 Å². The van der Waals surface area contributed by atoms with Crippen molar-refractivity contribution < 1.29 is 14.4 Å². The summed E-state index contributed by atoms with van der Waals surface area (Å²) in [5.74, 6) is -0.0314. The highest BCUT2D eigenvalue weighted by Gasteiger charge is 2.33. The van der Waals surface area contributed by atoms with E-state index < -0.39 is 0 Å². The van der Waals surface area contributed by atoms with Crippen molar-refractivity contribution >= 4 is 17.8 Å². The summed E-state index contributed by atoms with van der Waals surface area (Å²) in [6.07, 6.45) is 3.14. The largest absolute Gasteiger partial charge is 0.343 e. The van der Waals surface area contributed by atoms with E-state index in [9.17, 15) is 14.4 Å². The fraction of sp³-hybridized carbons (Fsp3) is 0.750. The normalized spacial score (nSPS) is 20.2. The molecule has 0 aromatic rings. The summed E-state index contributed by atoms with van der Waals surface area (Å²) >= 11 is 0. The van der Waals surface area contributed by atoms with E-state index in [1.54, 1.807) is 7.05 Å². The molecule has 2 rings (SSSR count). The number of imide groups is 1. The third-order valence-corrected chi connectivity index (χ3v) is 3.46. The van der Waals surface area contributed by atoms with E-state index in [2.05, 4.69) is 0 Å². The number of hydrogen-bond donors (Lipinski definition) is 0. The van der Waals surface area contributed by atoms with Gasteiger partial charge in [0.1, 0.15) is 6.54 Å². The summed E-state index contributed by atoms with van der Waals surface area (Å²) in [6, 6.07) is -0.256. The molecule has 0 N–H and O–H groups in total. The van der Waals surface area contributed by atoms with Crippen LogP contribution in [0.2, 0.25) is 0 Å². The molecule has 2 aliphatic rings. The van der Waals surface area contributed by atoms with E-state index in [1.807, 2.05) is 4.90 Å². The SMILES string of the molecule is CN1CC(=O)N(CCCC(=O)N2CCCC2)C1=O. The third-order valence-electron chi connectivity index (χ3n) is 3.46. The van der Waals surface area contributed by atoms with E-state index in [-0.39, 0.29) is 24.4 Å². The van der Waals surface area contributed by atoms with Crippen LogP contribution in [0, 0.1) is 0 Å². The van der Waals surface area contributed by atoms with Crippen LogP contribution in [0.4, 0.5) is 4.79 Å². The molecule has 2 saturated heterocycles. The standard InChI is InChI=1S/C12H19N3O3/c1-13-9-11(17)15(12(13)18)8-4-5-10(16)14-6-2-3-7-14/h2-9H2,1H3. The van der Waals surface area contributed by atoms with Crippen LogP contribution in [0.3, 0.4) is 0 Å². The van der Waals surface area contributed by atoms with Crippen molar-refractivity contribution in [3.63, 3.8) is 0 Å².